The Morgan fingerprint density at radius 2 is 1.97 bits per heavy atom. The lowest BCUT2D eigenvalue weighted by molar-refractivity contribution is 0.423. The zero-order chi connectivity index (χ0) is 22.8. The second-order valence-electron chi connectivity index (χ2n) is 8.02. The van der Waals surface area contributed by atoms with Crippen molar-refractivity contribution in [3.05, 3.63) is 98.6 Å². The number of pyridine rings is 1. The molecule has 34 heavy (non-hydrogen) atoms. The lowest BCUT2D eigenvalue weighted by Gasteiger charge is -2.26. The first-order chi connectivity index (χ1) is 16.7. The van der Waals surface area contributed by atoms with Crippen LogP contribution in [0.1, 0.15) is 26.8 Å². The summed E-state index contributed by atoms with van der Waals surface area (Å²) in [7, 11) is 0. The van der Waals surface area contributed by atoms with E-state index in [0.29, 0.717) is 39.8 Å². The standard InChI is InChI=1S/C25H15N5O3S/c1-13-8-9-17(34-13)18-19-21(15-6-2-3-7-16(15)32-25(19)31)33-24-20(18)23-28-22(29-30(23)12-27-24)14-5-4-10-26-11-14/h2-12,18H,1H3. The van der Waals surface area contributed by atoms with Gasteiger partial charge in [-0.1, -0.05) is 12.1 Å². The number of nitrogens with zero attached hydrogens (tertiary/aromatic N) is 5. The maximum atomic E-state index is 13.3. The summed E-state index contributed by atoms with van der Waals surface area (Å²) in [4.78, 5) is 29.0. The first kappa shape index (κ1) is 19.1. The smallest absolute Gasteiger partial charge is 0.344 e. The Kier molecular flexibility index (Phi) is 3.97. The average Bonchev–Trinajstić information content (AvgIpc) is 3.50. The van der Waals surface area contributed by atoms with Crippen molar-refractivity contribution < 1.29 is 9.15 Å². The van der Waals surface area contributed by atoms with E-state index in [4.69, 9.17) is 14.1 Å². The third-order valence-electron chi connectivity index (χ3n) is 5.93. The van der Waals surface area contributed by atoms with Gasteiger partial charge in [0.1, 0.15) is 11.9 Å². The Morgan fingerprint density at radius 1 is 1.06 bits per heavy atom. The minimum Gasteiger partial charge on any atom is -0.437 e. The van der Waals surface area contributed by atoms with Crippen LogP contribution in [0.2, 0.25) is 0 Å². The highest BCUT2D eigenvalue weighted by Crippen LogP contribution is 2.50. The number of hydrogen-bond acceptors (Lipinski definition) is 8. The molecule has 0 radical (unpaired) electrons. The van der Waals surface area contributed by atoms with Crippen molar-refractivity contribution in [2.45, 2.75) is 12.8 Å². The summed E-state index contributed by atoms with van der Waals surface area (Å²) in [5, 5.41) is 5.32. The fraction of sp³-hybridized carbons (Fsp3) is 0.0800. The van der Waals surface area contributed by atoms with Crippen LogP contribution in [0.5, 0.6) is 11.6 Å². The van der Waals surface area contributed by atoms with Gasteiger partial charge in [-0.2, -0.15) is 0 Å². The molecule has 0 bridgehead atoms. The second kappa shape index (κ2) is 7.06. The molecule has 0 amide bonds. The summed E-state index contributed by atoms with van der Waals surface area (Å²) < 4.78 is 13.6. The number of fused-ring (bicyclic) bond motifs is 6. The van der Waals surface area contributed by atoms with E-state index in [2.05, 4.69) is 15.1 Å². The Hall–Kier alpha value is -4.37. The zero-order valence-electron chi connectivity index (χ0n) is 17.8. The molecular formula is C25H15N5O3S. The van der Waals surface area contributed by atoms with Crippen molar-refractivity contribution in [1.29, 1.82) is 0 Å². The van der Waals surface area contributed by atoms with Gasteiger partial charge in [-0.15, -0.1) is 16.4 Å². The molecule has 164 valence electrons. The van der Waals surface area contributed by atoms with Crippen LogP contribution in [0.15, 0.2) is 76.5 Å². The van der Waals surface area contributed by atoms with Gasteiger partial charge in [0, 0.05) is 27.7 Å². The zero-order valence-corrected chi connectivity index (χ0v) is 18.6. The predicted octanol–water partition coefficient (Wildman–Crippen LogP) is 4.95. The number of aryl methyl sites for hydroxylation is 1. The van der Waals surface area contributed by atoms with E-state index in [9.17, 15) is 4.79 Å². The third-order valence-corrected chi connectivity index (χ3v) is 6.99. The summed E-state index contributed by atoms with van der Waals surface area (Å²) in [6.07, 6.45) is 4.99. The van der Waals surface area contributed by atoms with Gasteiger partial charge in [0.25, 0.3) is 0 Å². The van der Waals surface area contributed by atoms with Crippen molar-refractivity contribution in [3.8, 4) is 23.0 Å². The van der Waals surface area contributed by atoms with Crippen molar-refractivity contribution in [2.24, 2.45) is 0 Å². The summed E-state index contributed by atoms with van der Waals surface area (Å²) in [5.74, 6) is 0.928. The van der Waals surface area contributed by atoms with E-state index < -0.39 is 11.5 Å². The summed E-state index contributed by atoms with van der Waals surface area (Å²) in [6.45, 7) is 2.04. The molecule has 0 aliphatic carbocycles. The van der Waals surface area contributed by atoms with Crippen molar-refractivity contribution in [3.63, 3.8) is 0 Å². The number of benzene rings is 1. The molecule has 7 rings (SSSR count). The Morgan fingerprint density at radius 3 is 2.79 bits per heavy atom. The second-order valence-corrected chi connectivity index (χ2v) is 9.34. The minimum absolute atomic E-state index is 0.400. The largest absolute Gasteiger partial charge is 0.437 e. The number of rotatable bonds is 2. The maximum absolute atomic E-state index is 13.3. The molecule has 1 aliphatic rings. The van der Waals surface area contributed by atoms with Crippen LogP contribution in [0, 0.1) is 6.92 Å². The number of hydrogen-bond donors (Lipinski definition) is 0. The molecule has 9 heteroatoms. The van der Waals surface area contributed by atoms with Gasteiger partial charge in [-0.05, 0) is 43.3 Å². The molecule has 1 unspecified atom stereocenters. The number of aromatic nitrogens is 5. The SMILES string of the molecule is Cc1ccc(C2c3c(c4ccccc4oc3=O)Oc3ncn4nc(-c5cccnc5)nc4c32)s1. The maximum Gasteiger partial charge on any atom is 0.344 e. The quantitative estimate of drug-likeness (QED) is 0.333. The van der Waals surface area contributed by atoms with Gasteiger partial charge in [-0.25, -0.2) is 19.3 Å². The van der Waals surface area contributed by atoms with E-state index in [-0.39, 0.29) is 0 Å². The van der Waals surface area contributed by atoms with Gasteiger partial charge in [-0.3, -0.25) is 4.98 Å². The minimum atomic E-state index is -0.458. The summed E-state index contributed by atoms with van der Waals surface area (Å²) in [5.41, 5.74) is 2.50. The first-order valence-corrected chi connectivity index (χ1v) is 11.4. The predicted molar refractivity (Wildman–Crippen MR) is 127 cm³/mol. The fourth-order valence-electron chi connectivity index (χ4n) is 4.44. The topological polar surface area (TPSA) is 95.4 Å². The highest BCUT2D eigenvalue weighted by atomic mass is 32.1. The Bertz CT molecular complexity index is 1790. The van der Waals surface area contributed by atoms with Gasteiger partial charge in [0.2, 0.25) is 5.88 Å². The van der Waals surface area contributed by atoms with E-state index in [1.54, 1.807) is 40.6 Å². The van der Waals surface area contributed by atoms with E-state index in [1.807, 2.05) is 49.4 Å². The van der Waals surface area contributed by atoms with Gasteiger partial charge in [0.15, 0.2) is 17.2 Å². The highest BCUT2D eigenvalue weighted by molar-refractivity contribution is 7.12. The van der Waals surface area contributed by atoms with Crippen LogP contribution in [0.3, 0.4) is 0 Å². The molecule has 1 atom stereocenters. The van der Waals surface area contributed by atoms with Crippen LogP contribution in [-0.2, 0) is 0 Å². The molecule has 6 heterocycles. The monoisotopic (exact) mass is 465 g/mol. The van der Waals surface area contributed by atoms with Crippen molar-refractivity contribution in [2.75, 3.05) is 0 Å². The highest BCUT2D eigenvalue weighted by Gasteiger charge is 2.38. The molecule has 1 aromatic carbocycles. The number of thiophene rings is 1. The van der Waals surface area contributed by atoms with Gasteiger partial charge in [0.05, 0.1) is 22.4 Å². The summed E-state index contributed by atoms with van der Waals surface area (Å²) in [6, 6.07) is 15.2. The average molecular weight is 465 g/mol. The molecule has 0 saturated heterocycles. The lowest BCUT2D eigenvalue weighted by Crippen LogP contribution is -2.21. The van der Waals surface area contributed by atoms with E-state index in [1.165, 1.54) is 0 Å². The molecule has 6 aromatic rings. The van der Waals surface area contributed by atoms with E-state index in [0.717, 1.165) is 20.7 Å². The van der Waals surface area contributed by atoms with Crippen LogP contribution in [0.25, 0.3) is 28.0 Å². The van der Waals surface area contributed by atoms with Crippen LogP contribution in [-0.4, -0.2) is 24.6 Å². The van der Waals surface area contributed by atoms with E-state index >= 15 is 0 Å². The Labute approximate surface area is 196 Å². The molecular weight excluding hydrogens is 450 g/mol. The molecule has 0 saturated carbocycles. The molecule has 0 N–H and O–H groups in total. The molecule has 0 fully saturated rings. The van der Waals surface area contributed by atoms with Crippen LogP contribution in [0.4, 0.5) is 0 Å². The molecule has 1 aliphatic heterocycles. The molecule has 0 spiro atoms. The van der Waals surface area contributed by atoms with Gasteiger partial charge < -0.3 is 9.15 Å². The molecule has 5 aromatic heterocycles. The fourth-order valence-corrected chi connectivity index (χ4v) is 5.44. The number of para-hydroxylation sites is 1. The normalized spacial score (nSPS) is 14.7. The van der Waals surface area contributed by atoms with Crippen molar-refractivity contribution in [1.82, 2.24) is 24.6 Å². The molecule has 8 nitrogen and oxygen atoms in total. The lowest BCUT2D eigenvalue weighted by atomic mass is 9.88. The third kappa shape index (κ3) is 2.74. The van der Waals surface area contributed by atoms with Gasteiger partial charge >= 0.3 is 5.63 Å². The van der Waals surface area contributed by atoms with Crippen LogP contribution >= 0.6 is 11.3 Å². The van der Waals surface area contributed by atoms with Crippen molar-refractivity contribution >= 4 is 28.0 Å². The van der Waals surface area contributed by atoms with Crippen LogP contribution < -0.4 is 10.4 Å². The Balaban J connectivity index is 1.56. The summed E-state index contributed by atoms with van der Waals surface area (Å²) >= 11 is 1.62. The number of ether oxygens (including phenoxy) is 1. The first-order valence-electron chi connectivity index (χ1n) is 10.6.